The summed E-state index contributed by atoms with van der Waals surface area (Å²) < 4.78 is 0. The number of hydrogen-bond acceptors (Lipinski definition) is 1. The molecule has 1 unspecified atom stereocenters. The van der Waals surface area contributed by atoms with Crippen LogP contribution in [0, 0.1) is 13.8 Å². The van der Waals surface area contributed by atoms with E-state index in [0.717, 1.165) is 12.0 Å². The highest BCUT2D eigenvalue weighted by molar-refractivity contribution is 5.34. The first kappa shape index (κ1) is 13.8. The van der Waals surface area contributed by atoms with Gasteiger partial charge >= 0.3 is 0 Å². The average molecular weight is 254 g/mol. The topological polar surface area (TPSA) is 20.2 Å². The molecule has 0 spiro atoms. The van der Waals surface area contributed by atoms with Crippen molar-refractivity contribution in [2.75, 3.05) is 0 Å². The highest BCUT2D eigenvalue weighted by Crippen LogP contribution is 2.24. The summed E-state index contributed by atoms with van der Waals surface area (Å²) in [5.41, 5.74) is 6.03. The van der Waals surface area contributed by atoms with E-state index in [1.165, 1.54) is 22.3 Å². The number of aryl methyl sites for hydroxylation is 3. The van der Waals surface area contributed by atoms with Crippen molar-refractivity contribution >= 4 is 0 Å². The Balaban J connectivity index is 2.25. The van der Waals surface area contributed by atoms with Crippen molar-refractivity contribution in [1.29, 1.82) is 0 Å². The molecule has 1 N–H and O–H groups in total. The lowest BCUT2D eigenvalue weighted by molar-refractivity contribution is 0.177. The Morgan fingerprint density at radius 2 is 1.74 bits per heavy atom. The Hall–Kier alpha value is -1.60. The predicted octanol–water partition coefficient (Wildman–Crippen LogP) is 4.14. The van der Waals surface area contributed by atoms with Gasteiger partial charge < -0.3 is 5.11 Å². The minimum Gasteiger partial charge on any atom is -0.388 e. The third-order valence-electron chi connectivity index (χ3n) is 3.71. The molecule has 0 bridgehead atoms. The normalized spacial score (nSPS) is 12.4. The van der Waals surface area contributed by atoms with E-state index in [2.05, 4.69) is 45.0 Å². The van der Waals surface area contributed by atoms with Crippen molar-refractivity contribution in [2.24, 2.45) is 0 Å². The van der Waals surface area contributed by atoms with E-state index in [9.17, 15) is 5.11 Å². The molecule has 1 nitrogen and oxygen atoms in total. The fraction of sp³-hybridized carbons (Fsp3) is 0.333. The van der Waals surface area contributed by atoms with Crippen LogP contribution in [0.1, 0.15) is 40.8 Å². The molecule has 0 saturated carbocycles. The van der Waals surface area contributed by atoms with Crippen LogP contribution in [0.2, 0.25) is 0 Å². The maximum Gasteiger partial charge on any atom is 0.0833 e. The molecule has 19 heavy (non-hydrogen) atoms. The Bertz CT molecular complexity index is 557. The van der Waals surface area contributed by atoms with Crippen molar-refractivity contribution in [3.05, 3.63) is 70.3 Å². The first-order valence-corrected chi connectivity index (χ1v) is 6.93. The van der Waals surface area contributed by atoms with Gasteiger partial charge in [-0.05, 0) is 42.5 Å². The van der Waals surface area contributed by atoms with E-state index < -0.39 is 6.10 Å². The number of hydrogen-bond donors (Lipinski definition) is 1. The highest BCUT2D eigenvalue weighted by Gasteiger charge is 2.13. The summed E-state index contributed by atoms with van der Waals surface area (Å²) >= 11 is 0. The Morgan fingerprint density at radius 1 is 1.00 bits per heavy atom. The second-order valence-electron chi connectivity index (χ2n) is 5.20. The van der Waals surface area contributed by atoms with Crippen LogP contribution in [0.15, 0.2) is 42.5 Å². The van der Waals surface area contributed by atoms with E-state index in [-0.39, 0.29) is 0 Å². The molecular weight excluding hydrogens is 232 g/mol. The Kier molecular flexibility index (Phi) is 4.39. The van der Waals surface area contributed by atoms with E-state index in [4.69, 9.17) is 0 Å². The molecule has 0 amide bonds. The molecular formula is C18H22O. The summed E-state index contributed by atoms with van der Waals surface area (Å²) in [6, 6.07) is 14.6. The zero-order valence-electron chi connectivity index (χ0n) is 12.0. The van der Waals surface area contributed by atoms with Crippen LogP contribution < -0.4 is 0 Å². The van der Waals surface area contributed by atoms with Gasteiger partial charge in [-0.25, -0.2) is 0 Å². The van der Waals surface area contributed by atoms with Gasteiger partial charge in [-0.3, -0.25) is 0 Å². The first-order valence-electron chi connectivity index (χ1n) is 6.93. The fourth-order valence-corrected chi connectivity index (χ4v) is 2.52. The minimum absolute atomic E-state index is 0.420. The van der Waals surface area contributed by atoms with E-state index in [1.54, 1.807) is 0 Å². The third kappa shape index (κ3) is 3.24. The van der Waals surface area contributed by atoms with Gasteiger partial charge in [0.1, 0.15) is 0 Å². The lowest BCUT2D eigenvalue weighted by atomic mass is 9.93. The van der Waals surface area contributed by atoms with Crippen molar-refractivity contribution in [3.8, 4) is 0 Å². The smallest absolute Gasteiger partial charge is 0.0833 e. The van der Waals surface area contributed by atoms with E-state index >= 15 is 0 Å². The van der Waals surface area contributed by atoms with Gasteiger partial charge in [-0.15, -0.1) is 0 Å². The maximum atomic E-state index is 10.5. The lowest BCUT2D eigenvalue weighted by Gasteiger charge is -2.16. The third-order valence-corrected chi connectivity index (χ3v) is 3.71. The number of rotatable bonds is 4. The van der Waals surface area contributed by atoms with Crippen molar-refractivity contribution in [3.63, 3.8) is 0 Å². The average Bonchev–Trinajstić information content (AvgIpc) is 2.42. The van der Waals surface area contributed by atoms with Crippen LogP contribution in [-0.4, -0.2) is 5.11 Å². The van der Waals surface area contributed by atoms with Crippen LogP contribution in [0.25, 0.3) is 0 Å². The number of aliphatic hydroxyl groups excluding tert-OH is 1. The summed E-state index contributed by atoms with van der Waals surface area (Å²) in [4.78, 5) is 0. The molecule has 0 aliphatic rings. The minimum atomic E-state index is -0.420. The van der Waals surface area contributed by atoms with Gasteiger partial charge in [0.15, 0.2) is 0 Å². The molecule has 2 aromatic carbocycles. The largest absolute Gasteiger partial charge is 0.388 e. The molecule has 0 saturated heterocycles. The van der Waals surface area contributed by atoms with Gasteiger partial charge in [-0.2, -0.15) is 0 Å². The molecule has 0 fully saturated rings. The summed E-state index contributed by atoms with van der Waals surface area (Å²) in [5, 5.41) is 10.5. The lowest BCUT2D eigenvalue weighted by Crippen LogP contribution is -2.06. The van der Waals surface area contributed by atoms with Crippen LogP contribution >= 0.6 is 0 Å². The Labute approximate surface area is 115 Å². The molecule has 2 aromatic rings. The first-order chi connectivity index (χ1) is 9.11. The van der Waals surface area contributed by atoms with E-state index in [0.29, 0.717) is 6.42 Å². The molecule has 1 atom stereocenters. The molecule has 0 heterocycles. The van der Waals surface area contributed by atoms with Crippen molar-refractivity contribution in [1.82, 2.24) is 0 Å². The molecule has 100 valence electrons. The molecule has 0 aliphatic carbocycles. The number of benzene rings is 2. The van der Waals surface area contributed by atoms with Crippen molar-refractivity contribution < 1.29 is 5.11 Å². The van der Waals surface area contributed by atoms with Crippen molar-refractivity contribution in [2.45, 2.75) is 39.7 Å². The maximum absolute atomic E-state index is 10.5. The second kappa shape index (κ2) is 6.03. The highest BCUT2D eigenvalue weighted by atomic mass is 16.3. The van der Waals surface area contributed by atoms with Crippen LogP contribution in [-0.2, 0) is 12.8 Å². The molecule has 0 aromatic heterocycles. The molecule has 0 aliphatic heterocycles. The molecule has 0 radical (unpaired) electrons. The monoisotopic (exact) mass is 254 g/mol. The fourth-order valence-electron chi connectivity index (χ4n) is 2.52. The molecule has 1 heteroatoms. The Morgan fingerprint density at radius 3 is 2.47 bits per heavy atom. The van der Waals surface area contributed by atoms with Gasteiger partial charge in [0.2, 0.25) is 0 Å². The SMILES string of the molecule is CCc1ccccc1C(O)Cc1cc(C)ccc1C. The number of aliphatic hydroxyl groups is 1. The predicted molar refractivity (Wildman–Crippen MR) is 80.4 cm³/mol. The molecule has 2 rings (SSSR count). The summed E-state index contributed by atoms with van der Waals surface area (Å²) in [5.74, 6) is 0. The van der Waals surface area contributed by atoms with Crippen LogP contribution in [0.3, 0.4) is 0 Å². The van der Waals surface area contributed by atoms with Crippen LogP contribution in [0.4, 0.5) is 0 Å². The standard InChI is InChI=1S/C18H22O/c1-4-15-7-5-6-8-17(15)18(19)12-16-11-13(2)9-10-14(16)3/h5-11,18-19H,4,12H2,1-3H3. The zero-order valence-corrected chi connectivity index (χ0v) is 12.0. The summed E-state index contributed by atoms with van der Waals surface area (Å²) in [6.45, 7) is 6.33. The zero-order chi connectivity index (χ0) is 13.8. The quantitative estimate of drug-likeness (QED) is 0.869. The van der Waals surface area contributed by atoms with Gasteiger partial charge in [0.05, 0.1) is 6.10 Å². The van der Waals surface area contributed by atoms with Gasteiger partial charge in [0.25, 0.3) is 0 Å². The second-order valence-corrected chi connectivity index (χ2v) is 5.20. The van der Waals surface area contributed by atoms with E-state index in [1.807, 2.05) is 18.2 Å². The summed E-state index contributed by atoms with van der Waals surface area (Å²) in [6.07, 6.45) is 1.22. The van der Waals surface area contributed by atoms with Gasteiger partial charge in [0, 0.05) is 6.42 Å². The van der Waals surface area contributed by atoms with Gasteiger partial charge in [-0.1, -0.05) is 55.0 Å². The van der Waals surface area contributed by atoms with Crippen LogP contribution in [0.5, 0.6) is 0 Å². The summed E-state index contributed by atoms with van der Waals surface area (Å²) in [7, 11) is 0.